The quantitative estimate of drug-likeness (QED) is 0.573. The third-order valence-electron chi connectivity index (χ3n) is 1.98. The lowest BCUT2D eigenvalue weighted by Gasteiger charge is -2.07. The maximum atomic E-state index is 8.31. The van der Waals surface area contributed by atoms with E-state index in [9.17, 15) is 0 Å². The zero-order valence-electron chi connectivity index (χ0n) is 9.31. The molecule has 1 aromatic carbocycles. The van der Waals surface area contributed by atoms with Gasteiger partial charge in [-0.3, -0.25) is 0 Å². The van der Waals surface area contributed by atoms with E-state index in [1.54, 1.807) is 26.4 Å². The van der Waals surface area contributed by atoms with Gasteiger partial charge in [0, 0.05) is 6.08 Å². The van der Waals surface area contributed by atoms with E-state index in [1.807, 2.05) is 30.3 Å². The second kappa shape index (κ2) is 6.31. The number of hydrogen-bond acceptors (Lipinski definition) is 3. The Morgan fingerprint density at radius 1 is 1.12 bits per heavy atom. The smallest absolute Gasteiger partial charge is 0.161 e. The minimum Gasteiger partial charge on any atom is -0.493 e. The van der Waals surface area contributed by atoms with Gasteiger partial charge in [-0.05, 0) is 17.7 Å². The molecule has 0 aromatic heterocycles. The van der Waals surface area contributed by atoms with Gasteiger partial charge in [0.05, 0.1) is 20.3 Å². The topological polar surface area (TPSA) is 42.2 Å². The Morgan fingerprint density at radius 2 is 1.88 bits per heavy atom. The number of allylic oxidation sites excluding steroid dienone is 3. The molecule has 0 spiro atoms. The lowest BCUT2D eigenvalue weighted by Crippen LogP contribution is -1.90. The maximum absolute atomic E-state index is 8.31. The molecule has 0 atom stereocenters. The van der Waals surface area contributed by atoms with E-state index >= 15 is 0 Å². The number of nitriles is 1. The van der Waals surface area contributed by atoms with E-state index in [0.29, 0.717) is 11.5 Å². The summed E-state index contributed by atoms with van der Waals surface area (Å²) in [6.07, 6.45) is 6.77. The van der Waals surface area contributed by atoms with Crippen molar-refractivity contribution < 1.29 is 9.47 Å². The van der Waals surface area contributed by atoms with Crippen LogP contribution in [0.3, 0.4) is 0 Å². The highest BCUT2D eigenvalue weighted by molar-refractivity contribution is 5.57. The van der Waals surface area contributed by atoms with E-state index in [1.165, 1.54) is 6.08 Å². The van der Waals surface area contributed by atoms with Crippen molar-refractivity contribution in [3.05, 3.63) is 42.0 Å². The van der Waals surface area contributed by atoms with Gasteiger partial charge in [-0.15, -0.1) is 0 Å². The highest BCUT2D eigenvalue weighted by Gasteiger charge is 2.01. The Hall–Kier alpha value is -2.21. The first-order valence-corrected chi connectivity index (χ1v) is 4.76. The molecule has 0 saturated carbocycles. The number of hydrogen-bond donors (Lipinski definition) is 0. The predicted octanol–water partition coefficient (Wildman–Crippen LogP) is 2.80. The van der Waals surface area contributed by atoms with Gasteiger partial charge in [0.2, 0.25) is 0 Å². The SMILES string of the molecule is COc1ccc(C=CC=CC#N)cc1OC. The van der Waals surface area contributed by atoms with Gasteiger partial charge >= 0.3 is 0 Å². The molecule has 0 aliphatic rings. The number of nitrogens with zero attached hydrogens (tertiary/aromatic N) is 1. The Bertz CT molecular complexity index is 442. The summed E-state index contributed by atoms with van der Waals surface area (Å²) in [5.74, 6) is 1.39. The molecule has 0 radical (unpaired) electrons. The molecule has 3 nitrogen and oxygen atoms in total. The first-order chi connectivity index (χ1) is 7.81. The fourth-order valence-electron chi connectivity index (χ4n) is 1.22. The molecule has 0 amide bonds. The molecule has 0 N–H and O–H groups in total. The van der Waals surface area contributed by atoms with E-state index in [4.69, 9.17) is 14.7 Å². The molecule has 0 aliphatic heterocycles. The Labute approximate surface area is 95.2 Å². The predicted molar refractivity (Wildman–Crippen MR) is 63.3 cm³/mol. The highest BCUT2D eigenvalue weighted by atomic mass is 16.5. The van der Waals surface area contributed by atoms with Gasteiger partial charge in [0.1, 0.15) is 0 Å². The second-order valence-corrected chi connectivity index (χ2v) is 2.96. The van der Waals surface area contributed by atoms with Crippen LogP contribution in [0.25, 0.3) is 6.08 Å². The lowest BCUT2D eigenvalue weighted by molar-refractivity contribution is 0.355. The summed E-state index contributed by atoms with van der Waals surface area (Å²) in [7, 11) is 3.20. The zero-order chi connectivity index (χ0) is 11.8. The number of methoxy groups -OCH3 is 2. The van der Waals surface area contributed by atoms with Crippen LogP contribution < -0.4 is 9.47 Å². The Kier molecular flexibility index (Phi) is 4.68. The van der Waals surface area contributed by atoms with E-state index in [0.717, 1.165) is 5.56 Å². The average Bonchev–Trinajstić information content (AvgIpc) is 2.34. The molecule has 82 valence electrons. The molecular formula is C13H13NO2. The monoisotopic (exact) mass is 215 g/mol. The summed E-state index contributed by atoms with van der Waals surface area (Å²) in [6.45, 7) is 0. The van der Waals surface area contributed by atoms with Crippen molar-refractivity contribution in [3.63, 3.8) is 0 Å². The van der Waals surface area contributed by atoms with Crippen molar-refractivity contribution in [2.45, 2.75) is 0 Å². The summed E-state index contributed by atoms with van der Waals surface area (Å²) in [6, 6.07) is 7.54. The van der Waals surface area contributed by atoms with Crippen molar-refractivity contribution in [1.29, 1.82) is 5.26 Å². The van der Waals surface area contributed by atoms with Crippen LogP contribution in [0.1, 0.15) is 5.56 Å². The fraction of sp³-hybridized carbons (Fsp3) is 0.154. The number of ether oxygens (including phenoxy) is 2. The van der Waals surface area contributed by atoms with Gasteiger partial charge in [-0.1, -0.05) is 24.3 Å². The summed E-state index contributed by atoms with van der Waals surface area (Å²) in [4.78, 5) is 0. The van der Waals surface area contributed by atoms with Gasteiger partial charge < -0.3 is 9.47 Å². The molecule has 3 heteroatoms. The van der Waals surface area contributed by atoms with Crippen LogP contribution in [-0.2, 0) is 0 Å². The first-order valence-electron chi connectivity index (χ1n) is 4.76. The minimum absolute atomic E-state index is 0.689. The van der Waals surface area contributed by atoms with Gasteiger partial charge in [0.15, 0.2) is 11.5 Å². The average molecular weight is 215 g/mol. The van der Waals surface area contributed by atoms with Crippen molar-refractivity contribution in [1.82, 2.24) is 0 Å². The number of rotatable bonds is 4. The van der Waals surface area contributed by atoms with Crippen molar-refractivity contribution in [3.8, 4) is 17.6 Å². The van der Waals surface area contributed by atoms with E-state index < -0.39 is 0 Å². The van der Waals surface area contributed by atoms with Crippen molar-refractivity contribution in [2.24, 2.45) is 0 Å². The van der Waals surface area contributed by atoms with Crippen LogP contribution in [0.15, 0.2) is 36.4 Å². The molecule has 0 fully saturated rings. The Morgan fingerprint density at radius 3 is 2.50 bits per heavy atom. The molecule has 0 saturated heterocycles. The standard InChI is InChI=1S/C13H13NO2/c1-15-12-8-7-11(10-13(12)16-2)6-4-3-5-9-14/h3-8,10H,1-2H3. The fourth-order valence-corrected chi connectivity index (χ4v) is 1.22. The van der Waals surface area contributed by atoms with Crippen LogP contribution in [0.5, 0.6) is 11.5 Å². The molecule has 1 rings (SSSR count). The number of benzene rings is 1. The molecule has 0 heterocycles. The molecule has 0 bridgehead atoms. The normalized spacial score (nSPS) is 10.6. The largest absolute Gasteiger partial charge is 0.493 e. The van der Waals surface area contributed by atoms with E-state index in [-0.39, 0.29) is 0 Å². The van der Waals surface area contributed by atoms with Gasteiger partial charge in [0.25, 0.3) is 0 Å². The summed E-state index contributed by atoms with van der Waals surface area (Å²) in [5.41, 5.74) is 0.986. The van der Waals surface area contributed by atoms with E-state index in [2.05, 4.69) is 0 Å². The minimum atomic E-state index is 0.689. The van der Waals surface area contributed by atoms with Crippen molar-refractivity contribution in [2.75, 3.05) is 14.2 Å². The van der Waals surface area contributed by atoms with Crippen molar-refractivity contribution >= 4 is 6.08 Å². The zero-order valence-corrected chi connectivity index (χ0v) is 9.31. The van der Waals surface area contributed by atoms with Crippen LogP contribution >= 0.6 is 0 Å². The van der Waals surface area contributed by atoms with Gasteiger partial charge in [-0.2, -0.15) is 5.26 Å². The molecule has 1 aromatic rings. The first kappa shape index (κ1) is 11.9. The second-order valence-electron chi connectivity index (χ2n) is 2.96. The molecule has 16 heavy (non-hydrogen) atoms. The third-order valence-corrected chi connectivity index (χ3v) is 1.98. The summed E-state index contributed by atoms with van der Waals surface area (Å²) in [5, 5.41) is 8.31. The highest BCUT2D eigenvalue weighted by Crippen LogP contribution is 2.27. The van der Waals surface area contributed by atoms with Crippen LogP contribution in [0, 0.1) is 11.3 Å². The van der Waals surface area contributed by atoms with Gasteiger partial charge in [-0.25, -0.2) is 0 Å². The molecular weight excluding hydrogens is 202 g/mol. The maximum Gasteiger partial charge on any atom is 0.161 e. The van der Waals surface area contributed by atoms with Crippen LogP contribution in [-0.4, -0.2) is 14.2 Å². The molecule has 0 unspecified atom stereocenters. The molecule has 0 aliphatic carbocycles. The summed E-state index contributed by atoms with van der Waals surface area (Å²) >= 11 is 0. The third kappa shape index (κ3) is 3.18. The van der Waals surface area contributed by atoms with Crippen LogP contribution in [0.4, 0.5) is 0 Å². The lowest BCUT2D eigenvalue weighted by atomic mass is 10.2. The van der Waals surface area contributed by atoms with Crippen LogP contribution in [0.2, 0.25) is 0 Å². The Balaban J connectivity index is 2.87. The summed E-state index contributed by atoms with van der Waals surface area (Å²) < 4.78 is 10.3.